The van der Waals surface area contributed by atoms with Gasteiger partial charge in [0.1, 0.15) is 17.6 Å². The van der Waals surface area contributed by atoms with Gasteiger partial charge in [-0.1, -0.05) is 26.0 Å². The maximum absolute atomic E-state index is 8.96. The zero-order valence-electron chi connectivity index (χ0n) is 12.4. The molecule has 3 rings (SSSR count). The smallest absolute Gasteiger partial charge is 0.160 e. The highest BCUT2D eigenvalue weighted by molar-refractivity contribution is 5.42. The number of nitrogens with zero attached hydrogens (tertiary/aromatic N) is 5. The fourth-order valence-electron chi connectivity index (χ4n) is 2.34. The molecule has 0 radical (unpaired) electrons. The molecule has 0 aliphatic rings. The monoisotopic (exact) mass is 292 g/mol. The second-order valence-corrected chi connectivity index (χ2v) is 5.37. The van der Waals surface area contributed by atoms with Crippen LogP contribution in [0.3, 0.4) is 0 Å². The van der Waals surface area contributed by atoms with E-state index < -0.39 is 0 Å². The highest BCUT2D eigenvalue weighted by atomic mass is 15.3. The molecule has 3 aromatic heterocycles. The lowest BCUT2D eigenvalue weighted by Crippen LogP contribution is -2.20. The Labute approximate surface area is 128 Å². The fraction of sp³-hybridized carbons (Fsp3) is 0.250. The number of aromatic nitrogens is 4. The van der Waals surface area contributed by atoms with Crippen molar-refractivity contribution in [2.45, 2.75) is 19.9 Å². The third kappa shape index (κ3) is 2.61. The zero-order valence-corrected chi connectivity index (χ0v) is 12.4. The van der Waals surface area contributed by atoms with Crippen LogP contribution >= 0.6 is 0 Å². The Morgan fingerprint density at radius 3 is 2.77 bits per heavy atom. The summed E-state index contributed by atoms with van der Waals surface area (Å²) in [7, 11) is 0. The summed E-state index contributed by atoms with van der Waals surface area (Å²) in [5.74, 6) is 1.76. The minimum atomic E-state index is -0.0566. The largest absolute Gasteiger partial charge is 0.360 e. The summed E-state index contributed by atoms with van der Waals surface area (Å²) in [6.45, 7) is 4.21. The molecule has 1 atom stereocenters. The Balaban J connectivity index is 1.98. The van der Waals surface area contributed by atoms with E-state index >= 15 is 0 Å². The van der Waals surface area contributed by atoms with Gasteiger partial charge in [0.2, 0.25) is 0 Å². The van der Waals surface area contributed by atoms with Crippen molar-refractivity contribution in [1.29, 1.82) is 5.26 Å². The van der Waals surface area contributed by atoms with Crippen molar-refractivity contribution in [2.75, 3.05) is 5.32 Å². The first kappa shape index (κ1) is 14.0. The standard InChI is InChI=1S/C16H16N6/c1-11(2)15(19-13-7-5-6-12(10-17)18-13)16-21-20-14-8-3-4-9-22(14)16/h3-9,11,15H,1-2H3,(H,18,19). The number of nitrogens with one attached hydrogen (secondary N) is 1. The van der Waals surface area contributed by atoms with Gasteiger partial charge in [-0.25, -0.2) is 4.98 Å². The Morgan fingerprint density at radius 2 is 2.00 bits per heavy atom. The predicted octanol–water partition coefficient (Wildman–Crippen LogP) is 2.81. The lowest BCUT2D eigenvalue weighted by molar-refractivity contribution is 0.516. The molecule has 0 bridgehead atoms. The number of anilines is 1. The summed E-state index contributed by atoms with van der Waals surface area (Å²) < 4.78 is 1.96. The second-order valence-electron chi connectivity index (χ2n) is 5.37. The van der Waals surface area contributed by atoms with Gasteiger partial charge in [-0.15, -0.1) is 10.2 Å². The second kappa shape index (κ2) is 5.82. The third-order valence-corrected chi connectivity index (χ3v) is 3.45. The van der Waals surface area contributed by atoms with Crippen LogP contribution < -0.4 is 5.32 Å². The number of nitriles is 1. The maximum Gasteiger partial charge on any atom is 0.160 e. The maximum atomic E-state index is 8.96. The average molecular weight is 292 g/mol. The van der Waals surface area contributed by atoms with Gasteiger partial charge in [-0.2, -0.15) is 5.26 Å². The number of hydrogen-bond acceptors (Lipinski definition) is 5. The van der Waals surface area contributed by atoms with Crippen molar-refractivity contribution < 1.29 is 0 Å². The van der Waals surface area contributed by atoms with Gasteiger partial charge in [0.15, 0.2) is 11.5 Å². The van der Waals surface area contributed by atoms with Crippen molar-refractivity contribution in [2.24, 2.45) is 5.92 Å². The molecule has 1 N–H and O–H groups in total. The molecule has 0 aromatic carbocycles. The molecule has 6 heteroatoms. The van der Waals surface area contributed by atoms with E-state index in [1.54, 1.807) is 6.07 Å². The highest BCUT2D eigenvalue weighted by Gasteiger charge is 2.22. The molecule has 0 saturated heterocycles. The van der Waals surface area contributed by atoms with Crippen LogP contribution in [0.4, 0.5) is 5.82 Å². The quantitative estimate of drug-likeness (QED) is 0.800. The van der Waals surface area contributed by atoms with Gasteiger partial charge in [0.25, 0.3) is 0 Å². The Morgan fingerprint density at radius 1 is 1.14 bits per heavy atom. The van der Waals surface area contributed by atoms with E-state index in [-0.39, 0.29) is 12.0 Å². The van der Waals surface area contributed by atoms with Crippen molar-refractivity contribution in [3.63, 3.8) is 0 Å². The first-order valence-electron chi connectivity index (χ1n) is 7.12. The van der Waals surface area contributed by atoms with E-state index in [4.69, 9.17) is 5.26 Å². The summed E-state index contributed by atoms with van der Waals surface area (Å²) in [6.07, 6.45) is 1.95. The first-order valence-corrected chi connectivity index (χ1v) is 7.12. The van der Waals surface area contributed by atoms with Crippen LogP contribution in [0, 0.1) is 17.2 Å². The number of hydrogen-bond donors (Lipinski definition) is 1. The topological polar surface area (TPSA) is 78.9 Å². The number of fused-ring (bicyclic) bond motifs is 1. The average Bonchev–Trinajstić information content (AvgIpc) is 2.96. The first-order chi connectivity index (χ1) is 10.7. The molecule has 0 saturated carbocycles. The van der Waals surface area contributed by atoms with Crippen molar-refractivity contribution in [3.05, 3.63) is 54.1 Å². The van der Waals surface area contributed by atoms with Crippen LogP contribution in [-0.4, -0.2) is 19.6 Å². The van der Waals surface area contributed by atoms with Gasteiger partial charge in [-0.3, -0.25) is 4.40 Å². The molecular weight excluding hydrogens is 276 g/mol. The minimum Gasteiger partial charge on any atom is -0.360 e. The van der Waals surface area contributed by atoms with E-state index in [0.717, 1.165) is 11.5 Å². The van der Waals surface area contributed by atoms with Crippen molar-refractivity contribution in [3.8, 4) is 6.07 Å². The molecule has 110 valence electrons. The normalized spacial score (nSPS) is 12.3. The predicted molar refractivity (Wildman–Crippen MR) is 83.1 cm³/mol. The van der Waals surface area contributed by atoms with E-state index in [0.29, 0.717) is 11.5 Å². The van der Waals surface area contributed by atoms with E-state index in [1.165, 1.54) is 0 Å². The summed E-state index contributed by atoms with van der Waals surface area (Å²) in [6, 6.07) is 13.1. The van der Waals surface area contributed by atoms with Crippen LogP contribution in [-0.2, 0) is 0 Å². The van der Waals surface area contributed by atoms with Gasteiger partial charge in [-0.05, 0) is 30.2 Å². The molecule has 1 unspecified atom stereocenters. The molecule has 6 nitrogen and oxygen atoms in total. The summed E-state index contributed by atoms with van der Waals surface area (Å²) in [4.78, 5) is 4.27. The summed E-state index contributed by atoms with van der Waals surface area (Å²) in [5, 5.41) is 20.8. The Bertz CT molecular complexity index is 830. The molecule has 0 aliphatic carbocycles. The van der Waals surface area contributed by atoms with Gasteiger partial charge in [0.05, 0.1) is 6.04 Å². The molecule has 3 heterocycles. The van der Waals surface area contributed by atoms with Crippen LogP contribution in [0.15, 0.2) is 42.6 Å². The molecule has 0 aliphatic heterocycles. The fourth-order valence-corrected chi connectivity index (χ4v) is 2.34. The zero-order chi connectivity index (χ0) is 15.5. The molecule has 22 heavy (non-hydrogen) atoms. The van der Waals surface area contributed by atoms with Gasteiger partial charge < -0.3 is 5.32 Å². The summed E-state index contributed by atoms with van der Waals surface area (Å²) >= 11 is 0. The Kier molecular flexibility index (Phi) is 3.71. The molecule has 0 fully saturated rings. The van der Waals surface area contributed by atoms with Crippen LogP contribution in [0.2, 0.25) is 0 Å². The minimum absolute atomic E-state index is 0.0566. The van der Waals surface area contributed by atoms with Crippen molar-refractivity contribution >= 4 is 11.5 Å². The summed E-state index contributed by atoms with van der Waals surface area (Å²) in [5.41, 5.74) is 1.20. The van der Waals surface area contributed by atoms with Crippen LogP contribution in [0.5, 0.6) is 0 Å². The third-order valence-electron chi connectivity index (χ3n) is 3.45. The van der Waals surface area contributed by atoms with Crippen LogP contribution in [0.1, 0.15) is 31.4 Å². The van der Waals surface area contributed by atoms with E-state index in [2.05, 4.69) is 34.3 Å². The molecule has 0 spiro atoms. The SMILES string of the molecule is CC(C)C(Nc1cccc(C#N)n1)c1nnc2ccccn12. The Hall–Kier alpha value is -2.94. The van der Waals surface area contributed by atoms with Crippen LogP contribution in [0.25, 0.3) is 5.65 Å². The lowest BCUT2D eigenvalue weighted by atomic mass is 10.0. The van der Waals surface area contributed by atoms with E-state index in [9.17, 15) is 0 Å². The molecular formula is C16H16N6. The van der Waals surface area contributed by atoms with Gasteiger partial charge in [0, 0.05) is 6.20 Å². The van der Waals surface area contributed by atoms with Gasteiger partial charge >= 0.3 is 0 Å². The molecule has 0 amide bonds. The number of rotatable bonds is 4. The number of pyridine rings is 2. The lowest BCUT2D eigenvalue weighted by Gasteiger charge is -2.21. The highest BCUT2D eigenvalue weighted by Crippen LogP contribution is 2.25. The van der Waals surface area contributed by atoms with E-state index in [1.807, 2.05) is 47.0 Å². The van der Waals surface area contributed by atoms with Crippen molar-refractivity contribution in [1.82, 2.24) is 19.6 Å². The molecule has 3 aromatic rings.